The molecule has 2 N–H and O–H groups in total. The molecule has 0 aliphatic carbocycles. The lowest BCUT2D eigenvalue weighted by molar-refractivity contribution is -0.117. The van der Waals surface area contributed by atoms with Crippen molar-refractivity contribution in [2.45, 2.75) is 19.5 Å². The number of benzene rings is 2. The maximum atomic E-state index is 13.1. The van der Waals surface area contributed by atoms with Gasteiger partial charge in [0.15, 0.2) is 0 Å². The molecular weight excluding hydrogens is 446 g/mol. The molecule has 0 aliphatic rings. The molecule has 0 spiro atoms. The molecule has 2 heterocycles. The molecule has 0 bridgehead atoms. The Bertz CT molecular complexity index is 1220. The highest BCUT2D eigenvalue weighted by molar-refractivity contribution is 7.10. The van der Waals surface area contributed by atoms with Crippen molar-refractivity contribution in [3.63, 3.8) is 0 Å². The lowest BCUT2D eigenvalue weighted by Gasteiger charge is -2.23. The maximum absolute atomic E-state index is 13.1. The third-order valence-corrected chi connectivity index (χ3v) is 6.52. The molecule has 0 radical (unpaired) electrons. The fraction of sp³-hybridized carbons (Fsp3) is 0.185. The third kappa shape index (κ3) is 5.62. The minimum absolute atomic E-state index is 0.0928. The van der Waals surface area contributed by atoms with Crippen LogP contribution in [-0.4, -0.2) is 25.4 Å². The summed E-state index contributed by atoms with van der Waals surface area (Å²) in [5.74, 6) is 0.255. The van der Waals surface area contributed by atoms with Gasteiger partial charge in [-0.2, -0.15) is 0 Å². The number of thiophene rings is 1. The second kappa shape index (κ2) is 11.0. The van der Waals surface area contributed by atoms with Gasteiger partial charge in [-0.3, -0.25) is 14.9 Å². The lowest BCUT2D eigenvalue weighted by Crippen LogP contribution is -2.38. The predicted molar refractivity (Wildman–Crippen MR) is 135 cm³/mol. The van der Waals surface area contributed by atoms with E-state index in [2.05, 4.69) is 47.9 Å². The van der Waals surface area contributed by atoms with Gasteiger partial charge in [0.1, 0.15) is 5.76 Å². The normalized spacial score (nSPS) is 11.7. The summed E-state index contributed by atoms with van der Waals surface area (Å²) in [6, 6.07) is 22.9. The van der Waals surface area contributed by atoms with Crippen LogP contribution in [0.2, 0.25) is 0 Å². The number of amides is 2. The lowest BCUT2D eigenvalue weighted by atomic mass is 10.0. The highest BCUT2D eigenvalue weighted by Crippen LogP contribution is 2.26. The Balaban J connectivity index is 1.46. The van der Waals surface area contributed by atoms with E-state index >= 15 is 0 Å². The minimum atomic E-state index is -0.268. The van der Waals surface area contributed by atoms with Crippen LogP contribution in [0.5, 0.6) is 0 Å². The van der Waals surface area contributed by atoms with E-state index in [9.17, 15) is 9.59 Å². The van der Waals surface area contributed by atoms with Crippen LogP contribution in [0.3, 0.4) is 0 Å². The van der Waals surface area contributed by atoms with Crippen molar-refractivity contribution < 1.29 is 14.0 Å². The number of hydrogen-bond donors (Lipinski definition) is 2. The highest BCUT2D eigenvalue weighted by atomic mass is 32.1. The van der Waals surface area contributed by atoms with Gasteiger partial charge < -0.3 is 14.6 Å². The monoisotopic (exact) mass is 473 g/mol. The first kappa shape index (κ1) is 23.5. The number of nitrogens with zero attached hydrogens (tertiary/aromatic N) is 1. The highest BCUT2D eigenvalue weighted by Gasteiger charge is 2.21. The molecule has 34 heavy (non-hydrogen) atoms. The topological polar surface area (TPSA) is 74.6 Å². The van der Waals surface area contributed by atoms with Crippen molar-refractivity contribution in [3.8, 4) is 0 Å². The molecule has 0 aliphatic heterocycles. The molecule has 2 amide bonds. The van der Waals surface area contributed by atoms with Crippen LogP contribution in [0.1, 0.15) is 38.2 Å². The number of para-hydroxylation sites is 1. The van der Waals surface area contributed by atoms with Gasteiger partial charge in [0.05, 0.1) is 36.6 Å². The molecule has 0 unspecified atom stereocenters. The Labute approximate surface area is 203 Å². The van der Waals surface area contributed by atoms with E-state index in [0.29, 0.717) is 17.0 Å². The number of furan rings is 1. The Morgan fingerprint density at radius 3 is 2.50 bits per heavy atom. The molecule has 2 aromatic carbocycles. The summed E-state index contributed by atoms with van der Waals surface area (Å²) in [5.41, 5.74) is 3.26. The summed E-state index contributed by atoms with van der Waals surface area (Å²) in [7, 11) is 1.69. The van der Waals surface area contributed by atoms with Crippen molar-refractivity contribution in [1.29, 1.82) is 0 Å². The number of aryl methyl sites for hydroxylation is 1. The van der Waals surface area contributed by atoms with Crippen molar-refractivity contribution in [2.24, 2.45) is 0 Å². The van der Waals surface area contributed by atoms with Crippen molar-refractivity contribution in [1.82, 2.24) is 10.6 Å². The number of likely N-dealkylation sites (N-methyl/N-ethyl adjacent to an activating group) is 1. The van der Waals surface area contributed by atoms with Gasteiger partial charge in [0, 0.05) is 11.9 Å². The number of hydrogen-bond acceptors (Lipinski definition) is 5. The van der Waals surface area contributed by atoms with Crippen molar-refractivity contribution in [3.05, 3.63) is 112 Å². The largest absolute Gasteiger partial charge is 0.467 e. The van der Waals surface area contributed by atoms with E-state index in [1.54, 1.807) is 55.0 Å². The first-order valence-electron chi connectivity index (χ1n) is 11.0. The fourth-order valence-electron chi connectivity index (χ4n) is 3.67. The van der Waals surface area contributed by atoms with E-state index < -0.39 is 0 Å². The van der Waals surface area contributed by atoms with Gasteiger partial charge in [-0.05, 0) is 48.2 Å². The first-order chi connectivity index (χ1) is 16.5. The molecule has 0 saturated heterocycles. The van der Waals surface area contributed by atoms with Crippen LogP contribution in [0.15, 0.2) is 88.9 Å². The quantitative estimate of drug-likeness (QED) is 0.362. The van der Waals surface area contributed by atoms with Crippen LogP contribution in [-0.2, 0) is 11.3 Å². The van der Waals surface area contributed by atoms with E-state index in [0.717, 1.165) is 10.4 Å². The van der Waals surface area contributed by atoms with Crippen molar-refractivity contribution in [2.75, 3.05) is 18.5 Å². The molecular formula is C27H27N3O3S. The summed E-state index contributed by atoms with van der Waals surface area (Å²) in [6.07, 6.45) is 1.56. The van der Waals surface area contributed by atoms with Gasteiger partial charge in [-0.25, -0.2) is 0 Å². The molecule has 0 saturated carbocycles. The molecule has 174 valence electrons. The van der Waals surface area contributed by atoms with Crippen LogP contribution in [0.25, 0.3) is 0 Å². The summed E-state index contributed by atoms with van der Waals surface area (Å²) < 4.78 is 5.28. The van der Waals surface area contributed by atoms with E-state index in [4.69, 9.17) is 4.42 Å². The Kier molecular flexibility index (Phi) is 7.57. The summed E-state index contributed by atoms with van der Waals surface area (Å²) in [5, 5.41) is 8.28. The number of carbonyl (C=O) groups is 2. The van der Waals surface area contributed by atoms with Gasteiger partial charge in [-0.15, -0.1) is 11.3 Å². The van der Waals surface area contributed by atoms with Gasteiger partial charge in [-0.1, -0.05) is 48.0 Å². The molecule has 2 aromatic heterocycles. The minimum Gasteiger partial charge on any atom is -0.467 e. The Morgan fingerprint density at radius 2 is 1.79 bits per heavy atom. The standard InChI is InChI=1S/C27H27N3O3S/c1-19-11-13-20(14-12-19)26(24-10-6-16-34-24)28-18-25(31)30(2)23-9-4-3-8-22(23)27(32)29-17-21-7-5-15-33-21/h3-16,26,28H,17-18H2,1-2H3,(H,29,32)/t26-/m0/s1. The van der Waals surface area contributed by atoms with Crippen molar-refractivity contribution >= 4 is 28.8 Å². The predicted octanol–water partition coefficient (Wildman–Crippen LogP) is 4.92. The van der Waals surface area contributed by atoms with Gasteiger partial charge in [0.25, 0.3) is 5.91 Å². The van der Waals surface area contributed by atoms with E-state index in [-0.39, 0.29) is 30.9 Å². The zero-order chi connectivity index (χ0) is 23.9. The SMILES string of the molecule is Cc1ccc([C@H](NCC(=O)N(C)c2ccccc2C(=O)NCc2ccco2)c2cccs2)cc1. The van der Waals surface area contributed by atoms with E-state index in [1.165, 1.54) is 10.5 Å². The first-order valence-corrected chi connectivity index (χ1v) is 11.9. The smallest absolute Gasteiger partial charge is 0.253 e. The van der Waals surface area contributed by atoms with Crippen LogP contribution >= 0.6 is 11.3 Å². The summed E-state index contributed by atoms with van der Waals surface area (Å²) >= 11 is 1.65. The van der Waals surface area contributed by atoms with Gasteiger partial charge >= 0.3 is 0 Å². The van der Waals surface area contributed by atoms with E-state index in [1.807, 2.05) is 17.5 Å². The summed E-state index contributed by atoms with van der Waals surface area (Å²) in [4.78, 5) is 28.6. The van der Waals surface area contributed by atoms with Crippen LogP contribution in [0.4, 0.5) is 5.69 Å². The molecule has 1 atom stereocenters. The number of rotatable bonds is 9. The fourth-order valence-corrected chi connectivity index (χ4v) is 4.50. The molecule has 4 aromatic rings. The average Bonchev–Trinajstić information content (AvgIpc) is 3.58. The number of anilines is 1. The number of carbonyl (C=O) groups excluding carboxylic acids is 2. The Hall–Kier alpha value is -3.68. The molecule has 7 heteroatoms. The maximum Gasteiger partial charge on any atom is 0.253 e. The zero-order valence-electron chi connectivity index (χ0n) is 19.2. The molecule has 6 nitrogen and oxygen atoms in total. The van der Waals surface area contributed by atoms with Crippen LogP contribution in [0, 0.1) is 6.92 Å². The van der Waals surface area contributed by atoms with Crippen LogP contribution < -0.4 is 15.5 Å². The summed E-state index contributed by atoms with van der Waals surface area (Å²) in [6.45, 7) is 2.45. The molecule has 0 fully saturated rings. The zero-order valence-corrected chi connectivity index (χ0v) is 20.0. The Morgan fingerprint density at radius 1 is 1.00 bits per heavy atom. The van der Waals surface area contributed by atoms with Gasteiger partial charge in [0.2, 0.25) is 5.91 Å². The second-order valence-corrected chi connectivity index (χ2v) is 8.95. The second-order valence-electron chi connectivity index (χ2n) is 7.97. The number of nitrogens with one attached hydrogen (secondary N) is 2. The average molecular weight is 474 g/mol. The third-order valence-electron chi connectivity index (χ3n) is 5.58. The molecule has 4 rings (SSSR count).